The normalized spacial score (nSPS) is 10.7. The first-order valence-corrected chi connectivity index (χ1v) is 8.54. The average Bonchev–Trinajstić information content (AvgIpc) is 3.21. The van der Waals surface area contributed by atoms with Crippen LogP contribution in [-0.2, 0) is 4.79 Å². The third-order valence-electron chi connectivity index (χ3n) is 3.37. The van der Waals surface area contributed by atoms with E-state index in [1.807, 2.05) is 6.92 Å². The monoisotopic (exact) mass is 374 g/mol. The quantitative estimate of drug-likeness (QED) is 0.499. The van der Waals surface area contributed by atoms with Gasteiger partial charge in [-0.2, -0.15) is 0 Å². The van der Waals surface area contributed by atoms with Gasteiger partial charge in [-0.1, -0.05) is 18.3 Å². The Morgan fingerprint density at radius 1 is 1.27 bits per heavy atom. The highest BCUT2D eigenvalue weighted by Gasteiger charge is 2.17. The molecule has 0 bridgehead atoms. The van der Waals surface area contributed by atoms with E-state index in [2.05, 4.69) is 15.6 Å². The Labute approximate surface area is 151 Å². The molecule has 0 aliphatic heterocycles. The van der Waals surface area contributed by atoms with Gasteiger partial charge in [0.15, 0.2) is 10.9 Å². The van der Waals surface area contributed by atoms with E-state index >= 15 is 0 Å². The Hall–Kier alpha value is -3.27. The van der Waals surface area contributed by atoms with Crippen LogP contribution < -0.4 is 10.6 Å². The summed E-state index contributed by atoms with van der Waals surface area (Å²) in [6, 6.07) is 7.42. The zero-order valence-electron chi connectivity index (χ0n) is 13.6. The fraction of sp³-hybridized carbons (Fsp3) is 0.188. The lowest BCUT2D eigenvalue weighted by atomic mass is 10.3. The number of rotatable bonds is 6. The summed E-state index contributed by atoms with van der Waals surface area (Å²) in [5.74, 6) is -1.35. The molecule has 3 aromatic rings. The Bertz CT molecular complexity index is 994. The van der Waals surface area contributed by atoms with Crippen LogP contribution >= 0.6 is 11.3 Å². The van der Waals surface area contributed by atoms with Crippen LogP contribution in [0, 0.1) is 10.1 Å². The molecule has 10 heteroatoms. The molecule has 1 aromatic carbocycles. The summed E-state index contributed by atoms with van der Waals surface area (Å²) >= 11 is 1.29. The molecular weight excluding hydrogens is 360 g/mol. The van der Waals surface area contributed by atoms with Gasteiger partial charge in [-0.3, -0.25) is 19.7 Å². The number of nitrogens with zero attached hydrogens (tertiary/aromatic N) is 2. The molecule has 26 heavy (non-hydrogen) atoms. The molecule has 0 atom stereocenters. The Morgan fingerprint density at radius 3 is 2.77 bits per heavy atom. The van der Waals surface area contributed by atoms with Crippen LogP contribution in [0.15, 0.2) is 34.7 Å². The fourth-order valence-electron chi connectivity index (χ4n) is 2.21. The standard InChI is InChI=1S/C16H14N4O5S/c1-2-3-13(21)19-16-18-10-5-4-9(8-12(10)26-16)17-15(22)11-6-7-14(25-11)20(23)24/h4-8H,2-3H2,1H3,(H,17,22)(H,18,19,21). The van der Waals surface area contributed by atoms with Gasteiger partial charge in [0.1, 0.15) is 4.92 Å². The van der Waals surface area contributed by atoms with Gasteiger partial charge in [-0.15, -0.1) is 0 Å². The lowest BCUT2D eigenvalue weighted by Gasteiger charge is -2.02. The highest BCUT2D eigenvalue weighted by Crippen LogP contribution is 2.29. The number of hydrogen-bond acceptors (Lipinski definition) is 7. The number of furan rings is 1. The molecule has 0 saturated heterocycles. The number of carbonyl (C=O) groups excluding carboxylic acids is 2. The van der Waals surface area contributed by atoms with Gasteiger partial charge < -0.3 is 15.1 Å². The van der Waals surface area contributed by atoms with E-state index in [1.54, 1.807) is 18.2 Å². The lowest BCUT2D eigenvalue weighted by Crippen LogP contribution is -2.10. The second-order valence-electron chi connectivity index (χ2n) is 5.35. The maximum atomic E-state index is 12.1. The summed E-state index contributed by atoms with van der Waals surface area (Å²) < 4.78 is 5.65. The van der Waals surface area contributed by atoms with Crippen molar-refractivity contribution in [3.05, 3.63) is 46.2 Å². The Balaban J connectivity index is 1.74. The van der Waals surface area contributed by atoms with Crippen molar-refractivity contribution in [3.8, 4) is 0 Å². The molecule has 2 heterocycles. The molecule has 0 radical (unpaired) electrons. The largest absolute Gasteiger partial charge is 0.433 e. The van der Waals surface area contributed by atoms with Crippen LogP contribution in [-0.4, -0.2) is 21.7 Å². The fourth-order valence-corrected chi connectivity index (χ4v) is 3.13. The summed E-state index contributed by atoms with van der Waals surface area (Å²) in [5.41, 5.74) is 1.17. The van der Waals surface area contributed by atoms with Crippen molar-refractivity contribution in [2.24, 2.45) is 0 Å². The van der Waals surface area contributed by atoms with Gasteiger partial charge in [0.25, 0.3) is 5.91 Å². The number of aromatic nitrogens is 1. The molecule has 134 valence electrons. The average molecular weight is 374 g/mol. The number of anilines is 2. The van der Waals surface area contributed by atoms with Crippen molar-refractivity contribution in [2.75, 3.05) is 10.6 Å². The minimum Gasteiger partial charge on any atom is -0.395 e. The number of carbonyl (C=O) groups is 2. The summed E-state index contributed by atoms with van der Waals surface area (Å²) in [5, 5.41) is 16.4. The third-order valence-corrected chi connectivity index (χ3v) is 4.30. The first-order valence-electron chi connectivity index (χ1n) is 7.72. The number of fused-ring (bicyclic) bond motifs is 1. The first kappa shape index (κ1) is 17.5. The molecular formula is C16H14N4O5S. The molecule has 0 saturated carbocycles. The van der Waals surface area contributed by atoms with E-state index in [-0.39, 0.29) is 11.7 Å². The van der Waals surface area contributed by atoms with E-state index in [0.717, 1.165) is 17.2 Å². The molecule has 2 aromatic heterocycles. The highest BCUT2D eigenvalue weighted by molar-refractivity contribution is 7.22. The minimum atomic E-state index is -0.714. The molecule has 2 N–H and O–H groups in total. The first-order chi connectivity index (χ1) is 12.5. The second-order valence-corrected chi connectivity index (χ2v) is 6.38. The van der Waals surface area contributed by atoms with Crippen LogP contribution in [0.25, 0.3) is 10.2 Å². The van der Waals surface area contributed by atoms with Gasteiger partial charge in [-0.25, -0.2) is 4.98 Å². The number of nitrogens with one attached hydrogen (secondary N) is 2. The van der Waals surface area contributed by atoms with Gasteiger partial charge in [-0.05, 0) is 30.7 Å². The molecule has 0 spiro atoms. The van der Waals surface area contributed by atoms with E-state index in [0.29, 0.717) is 22.8 Å². The van der Waals surface area contributed by atoms with E-state index in [1.165, 1.54) is 17.4 Å². The van der Waals surface area contributed by atoms with Crippen LogP contribution in [0.5, 0.6) is 0 Å². The predicted octanol–water partition coefficient (Wildman–Crippen LogP) is 3.79. The minimum absolute atomic E-state index is 0.0977. The van der Waals surface area contributed by atoms with Crippen LogP contribution in [0.1, 0.15) is 30.3 Å². The molecule has 2 amide bonds. The summed E-state index contributed by atoms with van der Waals surface area (Å²) in [6.07, 6.45) is 1.17. The predicted molar refractivity (Wildman–Crippen MR) is 96.5 cm³/mol. The molecule has 0 unspecified atom stereocenters. The van der Waals surface area contributed by atoms with E-state index in [4.69, 9.17) is 4.42 Å². The smallest absolute Gasteiger partial charge is 0.395 e. The van der Waals surface area contributed by atoms with Crippen molar-refractivity contribution < 1.29 is 18.9 Å². The van der Waals surface area contributed by atoms with E-state index in [9.17, 15) is 19.7 Å². The highest BCUT2D eigenvalue weighted by atomic mass is 32.1. The SMILES string of the molecule is CCCC(=O)Nc1nc2ccc(NC(=O)c3ccc([N+](=O)[O-])o3)cc2s1. The zero-order valence-corrected chi connectivity index (χ0v) is 14.5. The molecule has 0 fully saturated rings. The van der Waals surface area contributed by atoms with Crippen LogP contribution in [0.2, 0.25) is 0 Å². The van der Waals surface area contributed by atoms with Gasteiger partial charge in [0.2, 0.25) is 5.91 Å². The number of thiazole rings is 1. The maximum absolute atomic E-state index is 12.1. The molecule has 9 nitrogen and oxygen atoms in total. The third kappa shape index (κ3) is 3.86. The molecule has 3 rings (SSSR count). The summed E-state index contributed by atoms with van der Waals surface area (Å²) in [7, 11) is 0. The number of amides is 2. The zero-order chi connectivity index (χ0) is 18.7. The summed E-state index contributed by atoms with van der Waals surface area (Å²) in [4.78, 5) is 38.0. The van der Waals surface area contributed by atoms with Crippen LogP contribution in [0.3, 0.4) is 0 Å². The maximum Gasteiger partial charge on any atom is 0.433 e. The van der Waals surface area contributed by atoms with Crippen molar-refractivity contribution in [1.82, 2.24) is 4.98 Å². The Morgan fingerprint density at radius 2 is 2.08 bits per heavy atom. The lowest BCUT2D eigenvalue weighted by molar-refractivity contribution is -0.402. The number of hydrogen-bond donors (Lipinski definition) is 2. The number of nitro groups is 1. The van der Waals surface area contributed by atoms with Crippen molar-refractivity contribution in [2.45, 2.75) is 19.8 Å². The van der Waals surface area contributed by atoms with E-state index < -0.39 is 16.7 Å². The second kappa shape index (κ2) is 7.31. The summed E-state index contributed by atoms with van der Waals surface area (Å²) in [6.45, 7) is 1.92. The van der Waals surface area contributed by atoms with Crippen molar-refractivity contribution in [3.63, 3.8) is 0 Å². The number of benzene rings is 1. The van der Waals surface area contributed by atoms with Crippen LogP contribution in [0.4, 0.5) is 16.7 Å². The topological polar surface area (TPSA) is 127 Å². The van der Waals surface area contributed by atoms with Gasteiger partial charge >= 0.3 is 5.88 Å². The molecule has 0 aliphatic rings. The van der Waals surface area contributed by atoms with Gasteiger partial charge in [0, 0.05) is 12.1 Å². The van der Waals surface area contributed by atoms with Crippen molar-refractivity contribution in [1.29, 1.82) is 0 Å². The van der Waals surface area contributed by atoms with Crippen molar-refractivity contribution >= 4 is 50.1 Å². The molecule has 0 aliphatic carbocycles. The van der Waals surface area contributed by atoms with Gasteiger partial charge in [0.05, 0.1) is 16.3 Å². The Kier molecular flexibility index (Phi) is 4.94.